The lowest BCUT2D eigenvalue weighted by molar-refractivity contribution is -0.146. The highest BCUT2D eigenvalue weighted by atomic mass is 16.5. The number of nitrogens with two attached hydrogens (primary N) is 1. The number of esters is 1. The summed E-state index contributed by atoms with van der Waals surface area (Å²) in [6, 6.07) is 9.95. The number of ether oxygens (including phenoxy) is 1. The van der Waals surface area contributed by atoms with Crippen molar-refractivity contribution in [2.45, 2.75) is 25.0 Å². The summed E-state index contributed by atoms with van der Waals surface area (Å²) >= 11 is 0. The molecule has 0 spiro atoms. The Kier molecular flexibility index (Phi) is 3.76. The number of hydrogen-bond donors (Lipinski definition) is 1. The molecule has 2 rings (SSSR count). The molecule has 0 aromatic heterocycles. The zero-order valence-corrected chi connectivity index (χ0v) is 10.0. The lowest BCUT2D eigenvalue weighted by Crippen LogP contribution is -2.36. The zero-order chi connectivity index (χ0) is 12.3. The number of nitrogens with zero attached hydrogens (tertiary/aromatic N) is 1. The van der Waals surface area contributed by atoms with E-state index >= 15 is 0 Å². The van der Waals surface area contributed by atoms with E-state index in [1.165, 1.54) is 12.7 Å². The monoisotopic (exact) mass is 234 g/mol. The van der Waals surface area contributed by atoms with E-state index in [4.69, 9.17) is 10.5 Å². The van der Waals surface area contributed by atoms with Crippen molar-refractivity contribution in [2.75, 3.05) is 13.7 Å². The maximum absolute atomic E-state index is 11.6. The van der Waals surface area contributed by atoms with Crippen LogP contribution >= 0.6 is 0 Å². The molecule has 1 saturated heterocycles. The highest BCUT2D eigenvalue weighted by Gasteiger charge is 2.35. The van der Waals surface area contributed by atoms with Gasteiger partial charge in [-0.2, -0.15) is 0 Å². The number of carbonyl (C=O) groups is 1. The predicted octanol–water partition coefficient (Wildman–Crippen LogP) is 0.761. The third-order valence-electron chi connectivity index (χ3n) is 3.14. The van der Waals surface area contributed by atoms with E-state index in [1.807, 2.05) is 18.2 Å². The van der Waals surface area contributed by atoms with Crippen molar-refractivity contribution in [3.05, 3.63) is 35.9 Å². The molecular formula is C13H18N2O2. The minimum Gasteiger partial charge on any atom is -0.468 e. The largest absolute Gasteiger partial charge is 0.468 e. The number of benzene rings is 1. The van der Waals surface area contributed by atoms with Gasteiger partial charge < -0.3 is 10.5 Å². The lowest BCUT2D eigenvalue weighted by Gasteiger charge is -2.22. The molecule has 1 fully saturated rings. The molecule has 0 bridgehead atoms. The van der Waals surface area contributed by atoms with E-state index in [-0.39, 0.29) is 18.1 Å². The van der Waals surface area contributed by atoms with Gasteiger partial charge >= 0.3 is 5.97 Å². The summed E-state index contributed by atoms with van der Waals surface area (Å²) < 4.78 is 4.81. The highest BCUT2D eigenvalue weighted by Crippen LogP contribution is 2.20. The number of likely N-dealkylation sites (tertiary alicyclic amines) is 1. The van der Waals surface area contributed by atoms with Crippen LogP contribution in [-0.4, -0.2) is 36.6 Å². The second-order valence-corrected chi connectivity index (χ2v) is 4.45. The summed E-state index contributed by atoms with van der Waals surface area (Å²) in [4.78, 5) is 13.7. The van der Waals surface area contributed by atoms with Crippen molar-refractivity contribution < 1.29 is 9.53 Å². The van der Waals surface area contributed by atoms with Crippen LogP contribution in [0.5, 0.6) is 0 Å². The molecule has 1 aromatic rings. The zero-order valence-electron chi connectivity index (χ0n) is 10.0. The topological polar surface area (TPSA) is 55.6 Å². The first-order valence-corrected chi connectivity index (χ1v) is 5.82. The molecule has 92 valence electrons. The van der Waals surface area contributed by atoms with Crippen LogP contribution in [-0.2, 0) is 16.1 Å². The average Bonchev–Trinajstić information content (AvgIpc) is 2.70. The van der Waals surface area contributed by atoms with Crippen molar-refractivity contribution >= 4 is 5.97 Å². The normalized spacial score (nSPS) is 24.8. The number of carbonyl (C=O) groups excluding carboxylic acids is 1. The van der Waals surface area contributed by atoms with E-state index in [2.05, 4.69) is 17.0 Å². The molecule has 1 aromatic carbocycles. The van der Waals surface area contributed by atoms with Gasteiger partial charge in [-0.1, -0.05) is 30.3 Å². The minimum absolute atomic E-state index is 0.0582. The van der Waals surface area contributed by atoms with Crippen molar-refractivity contribution in [3.63, 3.8) is 0 Å². The van der Waals surface area contributed by atoms with Gasteiger partial charge in [0.05, 0.1) is 7.11 Å². The SMILES string of the molecule is COC(=O)[C@@H]1C[C@H](N)CN1Cc1ccccc1. The van der Waals surface area contributed by atoms with Crippen molar-refractivity contribution in [2.24, 2.45) is 5.73 Å². The molecule has 0 radical (unpaired) electrons. The van der Waals surface area contributed by atoms with Crippen LogP contribution in [0.15, 0.2) is 30.3 Å². The van der Waals surface area contributed by atoms with E-state index < -0.39 is 0 Å². The number of methoxy groups -OCH3 is 1. The molecule has 0 amide bonds. The molecule has 4 nitrogen and oxygen atoms in total. The van der Waals surface area contributed by atoms with Crippen LogP contribution in [0.2, 0.25) is 0 Å². The fourth-order valence-electron chi connectivity index (χ4n) is 2.31. The standard InChI is InChI=1S/C13H18N2O2/c1-17-13(16)12-7-11(14)9-15(12)8-10-5-3-2-4-6-10/h2-6,11-12H,7-9,14H2,1H3/t11-,12-/m0/s1. The summed E-state index contributed by atoms with van der Waals surface area (Å²) in [7, 11) is 1.42. The first kappa shape index (κ1) is 12.1. The molecule has 0 saturated carbocycles. The summed E-state index contributed by atoms with van der Waals surface area (Å²) in [6.07, 6.45) is 0.680. The van der Waals surface area contributed by atoms with Gasteiger partial charge in [-0.05, 0) is 12.0 Å². The molecular weight excluding hydrogens is 216 g/mol. The Hall–Kier alpha value is -1.39. The second kappa shape index (κ2) is 5.29. The van der Waals surface area contributed by atoms with Crippen LogP contribution in [0.3, 0.4) is 0 Å². The second-order valence-electron chi connectivity index (χ2n) is 4.45. The van der Waals surface area contributed by atoms with E-state index in [0.717, 1.165) is 13.1 Å². The van der Waals surface area contributed by atoms with E-state index in [1.54, 1.807) is 0 Å². The van der Waals surface area contributed by atoms with Gasteiger partial charge in [0.25, 0.3) is 0 Å². The van der Waals surface area contributed by atoms with Crippen LogP contribution < -0.4 is 5.73 Å². The molecule has 0 unspecified atom stereocenters. The van der Waals surface area contributed by atoms with Gasteiger partial charge in [0.1, 0.15) is 6.04 Å². The smallest absolute Gasteiger partial charge is 0.323 e. The predicted molar refractivity (Wildman–Crippen MR) is 65.2 cm³/mol. The molecule has 1 heterocycles. The average molecular weight is 234 g/mol. The fourth-order valence-corrected chi connectivity index (χ4v) is 2.31. The Bertz CT molecular complexity index is 380. The first-order valence-electron chi connectivity index (χ1n) is 5.82. The third-order valence-corrected chi connectivity index (χ3v) is 3.14. The van der Waals surface area contributed by atoms with Gasteiger partial charge in [-0.15, -0.1) is 0 Å². The molecule has 2 atom stereocenters. The fraction of sp³-hybridized carbons (Fsp3) is 0.462. The maximum atomic E-state index is 11.6. The van der Waals surface area contributed by atoms with Gasteiger partial charge in [0.15, 0.2) is 0 Å². The van der Waals surface area contributed by atoms with Gasteiger partial charge in [0, 0.05) is 19.1 Å². The summed E-state index contributed by atoms with van der Waals surface area (Å²) in [5, 5.41) is 0. The Labute approximate surface area is 101 Å². The van der Waals surface area contributed by atoms with Crippen LogP contribution in [0.1, 0.15) is 12.0 Å². The first-order chi connectivity index (χ1) is 8.20. The summed E-state index contributed by atoms with van der Waals surface area (Å²) in [5.74, 6) is -0.186. The number of rotatable bonds is 3. The van der Waals surface area contributed by atoms with Crippen molar-refractivity contribution in [1.82, 2.24) is 4.90 Å². The van der Waals surface area contributed by atoms with Gasteiger partial charge in [-0.3, -0.25) is 9.69 Å². The highest BCUT2D eigenvalue weighted by molar-refractivity contribution is 5.76. The van der Waals surface area contributed by atoms with E-state index in [9.17, 15) is 4.79 Å². The Morgan fingerprint density at radius 2 is 2.18 bits per heavy atom. The quantitative estimate of drug-likeness (QED) is 0.785. The minimum atomic E-state index is -0.199. The van der Waals surface area contributed by atoms with Crippen LogP contribution in [0.4, 0.5) is 0 Å². The van der Waals surface area contributed by atoms with Crippen molar-refractivity contribution in [3.8, 4) is 0 Å². The molecule has 0 aliphatic carbocycles. The Morgan fingerprint density at radius 1 is 1.47 bits per heavy atom. The van der Waals surface area contributed by atoms with Crippen LogP contribution in [0.25, 0.3) is 0 Å². The van der Waals surface area contributed by atoms with Crippen molar-refractivity contribution in [1.29, 1.82) is 0 Å². The molecule has 1 aliphatic rings. The van der Waals surface area contributed by atoms with E-state index in [0.29, 0.717) is 6.42 Å². The Morgan fingerprint density at radius 3 is 2.82 bits per heavy atom. The molecule has 4 heteroatoms. The van der Waals surface area contributed by atoms with Gasteiger partial charge in [0.2, 0.25) is 0 Å². The summed E-state index contributed by atoms with van der Waals surface area (Å²) in [6.45, 7) is 1.49. The molecule has 1 aliphatic heterocycles. The Balaban J connectivity index is 2.06. The third kappa shape index (κ3) is 2.84. The molecule has 2 N–H and O–H groups in total. The summed E-state index contributed by atoms with van der Waals surface area (Å²) in [5.41, 5.74) is 7.10. The molecule has 17 heavy (non-hydrogen) atoms. The maximum Gasteiger partial charge on any atom is 0.323 e. The lowest BCUT2D eigenvalue weighted by atomic mass is 10.1. The number of hydrogen-bond acceptors (Lipinski definition) is 4. The van der Waals surface area contributed by atoms with Crippen LogP contribution in [0, 0.1) is 0 Å². The van der Waals surface area contributed by atoms with Gasteiger partial charge in [-0.25, -0.2) is 0 Å².